The molecule has 1 unspecified atom stereocenters. The molecule has 0 amide bonds. The van der Waals surface area contributed by atoms with Gasteiger partial charge >= 0.3 is 0 Å². The number of carbonyl (C=O) groups excluding carboxylic acids is 1. The third-order valence-electron chi connectivity index (χ3n) is 7.00. The number of Topliss-reactive ketones (excluding diaryl/α,β-unsaturated/α-hetero) is 1. The fraction of sp³-hybridized carbons (Fsp3) is 0.722. The number of rotatable bonds is 1. The van der Waals surface area contributed by atoms with E-state index in [1.807, 2.05) is 6.08 Å². The summed E-state index contributed by atoms with van der Waals surface area (Å²) in [6, 6.07) is 0. The van der Waals surface area contributed by atoms with Crippen molar-refractivity contribution in [3.05, 3.63) is 23.3 Å². The summed E-state index contributed by atoms with van der Waals surface area (Å²) in [7, 11) is -4.00. The molecule has 0 spiro atoms. The van der Waals surface area contributed by atoms with Crippen LogP contribution in [0.4, 0.5) is 0 Å². The monoisotopic (exact) mass is 336 g/mol. The number of allylic oxidation sites excluding steroid dienone is 3. The van der Waals surface area contributed by atoms with Crippen molar-refractivity contribution >= 4 is 15.9 Å². The highest BCUT2D eigenvalue weighted by Gasteiger charge is 2.55. The van der Waals surface area contributed by atoms with Crippen molar-refractivity contribution in [1.82, 2.24) is 0 Å². The molecule has 4 aliphatic carbocycles. The minimum absolute atomic E-state index is 0.116. The van der Waals surface area contributed by atoms with Crippen molar-refractivity contribution in [2.24, 2.45) is 23.2 Å². The Bertz CT molecular complexity index is 717. The van der Waals surface area contributed by atoms with Gasteiger partial charge in [0.2, 0.25) is 0 Å². The maximum atomic E-state index is 12.3. The summed E-state index contributed by atoms with van der Waals surface area (Å²) < 4.78 is 32.1. The van der Waals surface area contributed by atoms with Crippen molar-refractivity contribution in [1.29, 1.82) is 0 Å². The Morgan fingerprint density at radius 3 is 2.74 bits per heavy atom. The van der Waals surface area contributed by atoms with Gasteiger partial charge in [-0.15, -0.1) is 0 Å². The van der Waals surface area contributed by atoms with Crippen LogP contribution in [0, 0.1) is 23.2 Å². The first-order valence-corrected chi connectivity index (χ1v) is 10.2. The standard InChI is InChI=1S/C18H24O4S/c1-18-9-8-14-13-5-3-12(23(20,21)22)10-11(13)2-4-15(14)16(18)6-7-17(18)19/h5,10,12,14-16H,2-4,6-9H2,1H3,(H,20,21,22)/t12?,14-,15-,16+,18+/m1/s1. The van der Waals surface area contributed by atoms with Crippen LogP contribution in [0.3, 0.4) is 0 Å². The van der Waals surface area contributed by atoms with Gasteiger partial charge in [0.25, 0.3) is 10.1 Å². The van der Waals surface area contributed by atoms with Gasteiger partial charge < -0.3 is 0 Å². The molecule has 23 heavy (non-hydrogen) atoms. The molecule has 1 N–H and O–H groups in total. The first kappa shape index (κ1) is 15.6. The van der Waals surface area contributed by atoms with Gasteiger partial charge in [-0.1, -0.05) is 19.1 Å². The molecule has 0 bridgehead atoms. The van der Waals surface area contributed by atoms with E-state index >= 15 is 0 Å². The molecule has 5 heteroatoms. The number of ketones is 1. The number of fused-ring (bicyclic) bond motifs is 5. The molecular weight excluding hydrogens is 312 g/mol. The molecule has 3 saturated carbocycles. The molecule has 0 aliphatic heterocycles. The molecule has 0 aromatic rings. The van der Waals surface area contributed by atoms with E-state index in [2.05, 4.69) is 6.92 Å². The Labute approximate surface area is 137 Å². The van der Waals surface area contributed by atoms with Crippen LogP contribution < -0.4 is 0 Å². The minimum atomic E-state index is -4.00. The average molecular weight is 336 g/mol. The molecule has 4 aliphatic rings. The van der Waals surface area contributed by atoms with Crippen molar-refractivity contribution in [2.75, 3.05) is 0 Å². The lowest BCUT2D eigenvalue weighted by molar-refractivity contribution is -0.129. The fourth-order valence-electron chi connectivity index (χ4n) is 5.76. The van der Waals surface area contributed by atoms with Crippen molar-refractivity contribution in [3.63, 3.8) is 0 Å². The van der Waals surface area contributed by atoms with E-state index in [1.165, 1.54) is 5.57 Å². The van der Waals surface area contributed by atoms with Gasteiger partial charge in [-0.2, -0.15) is 8.42 Å². The molecule has 0 heterocycles. The second-order valence-electron chi connectivity index (χ2n) is 7.97. The van der Waals surface area contributed by atoms with E-state index in [0.717, 1.165) is 44.1 Å². The Balaban J connectivity index is 1.63. The molecule has 126 valence electrons. The van der Waals surface area contributed by atoms with Crippen LogP contribution in [0.2, 0.25) is 0 Å². The fourth-order valence-corrected chi connectivity index (χ4v) is 6.43. The van der Waals surface area contributed by atoms with Gasteiger partial charge in [-0.05, 0) is 67.4 Å². The maximum Gasteiger partial charge on any atom is 0.271 e. The molecule has 0 saturated heterocycles. The molecule has 0 aromatic carbocycles. The van der Waals surface area contributed by atoms with Crippen molar-refractivity contribution < 1.29 is 17.8 Å². The van der Waals surface area contributed by atoms with Crippen LogP contribution in [0.15, 0.2) is 23.3 Å². The molecule has 0 aromatic heterocycles. The predicted octanol–water partition coefficient (Wildman–Crippen LogP) is 3.30. The SMILES string of the molecule is C[C@]12CC[C@@H]3C4=CCC(S(=O)(=O)O)C=C4CC[C@H]3[C@@H]1CCC2=O. The summed E-state index contributed by atoms with van der Waals surface area (Å²) in [6.45, 7) is 2.16. The van der Waals surface area contributed by atoms with Crippen LogP contribution >= 0.6 is 0 Å². The van der Waals surface area contributed by atoms with Gasteiger partial charge in [-0.25, -0.2) is 0 Å². The van der Waals surface area contributed by atoms with E-state index in [9.17, 15) is 17.8 Å². The van der Waals surface area contributed by atoms with E-state index in [0.29, 0.717) is 30.0 Å². The summed E-state index contributed by atoms with van der Waals surface area (Å²) in [5.41, 5.74) is 2.31. The number of carbonyl (C=O) groups is 1. The van der Waals surface area contributed by atoms with E-state index in [-0.39, 0.29) is 5.41 Å². The molecule has 3 fully saturated rings. The average Bonchev–Trinajstić information content (AvgIpc) is 2.81. The second-order valence-corrected chi connectivity index (χ2v) is 9.61. The normalized spacial score (nSPS) is 43.1. The largest absolute Gasteiger partial charge is 0.299 e. The highest BCUT2D eigenvalue weighted by atomic mass is 32.2. The third-order valence-corrected chi connectivity index (χ3v) is 8.10. The summed E-state index contributed by atoms with van der Waals surface area (Å²) in [5.74, 6) is 1.98. The number of hydrogen-bond acceptors (Lipinski definition) is 3. The van der Waals surface area contributed by atoms with E-state index in [4.69, 9.17) is 0 Å². The van der Waals surface area contributed by atoms with Gasteiger partial charge in [0.1, 0.15) is 11.0 Å². The zero-order valence-corrected chi connectivity index (χ0v) is 14.3. The van der Waals surface area contributed by atoms with Crippen LogP contribution in [-0.2, 0) is 14.9 Å². The highest BCUT2D eigenvalue weighted by molar-refractivity contribution is 7.86. The smallest absolute Gasteiger partial charge is 0.271 e. The lowest BCUT2D eigenvalue weighted by Crippen LogP contribution is -2.44. The molecular formula is C18H24O4S. The number of hydrogen-bond donors (Lipinski definition) is 1. The second kappa shape index (κ2) is 5.03. The first-order valence-electron chi connectivity index (χ1n) is 8.71. The summed E-state index contributed by atoms with van der Waals surface area (Å²) in [4.78, 5) is 12.3. The lowest BCUT2D eigenvalue weighted by atomic mass is 9.54. The molecule has 5 atom stereocenters. The molecule has 0 radical (unpaired) electrons. The first-order chi connectivity index (χ1) is 10.8. The van der Waals surface area contributed by atoms with Crippen molar-refractivity contribution in [3.8, 4) is 0 Å². The summed E-state index contributed by atoms with van der Waals surface area (Å²) in [6.07, 6.45) is 9.86. The lowest BCUT2D eigenvalue weighted by Gasteiger charge is -2.49. The van der Waals surface area contributed by atoms with Crippen LogP contribution in [0.1, 0.15) is 51.9 Å². The molecule has 4 nitrogen and oxygen atoms in total. The van der Waals surface area contributed by atoms with Crippen molar-refractivity contribution in [2.45, 2.75) is 57.1 Å². The van der Waals surface area contributed by atoms with Gasteiger partial charge in [0.05, 0.1) is 0 Å². The Hall–Kier alpha value is -0.940. The van der Waals surface area contributed by atoms with E-state index < -0.39 is 15.4 Å². The van der Waals surface area contributed by atoms with Gasteiger partial charge in [0, 0.05) is 11.8 Å². The van der Waals surface area contributed by atoms with Gasteiger partial charge in [-0.3, -0.25) is 9.35 Å². The molecule has 4 rings (SSSR count). The van der Waals surface area contributed by atoms with E-state index in [1.54, 1.807) is 6.08 Å². The maximum absolute atomic E-state index is 12.3. The topological polar surface area (TPSA) is 71.4 Å². The predicted molar refractivity (Wildman–Crippen MR) is 87.4 cm³/mol. The zero-order valence-electron chi connectivity index (χ0n) is 13.5. The third kappa shape index (κ3) is 2.27. The van der Waals surface area contributed by atoms with Gasteiger partial charge in [0.15, 0.2) is 0 Å². The highest BCUT2D eigenvalue weighted by Crippen LogP contribution is 2.59. The quantitative estimate of drug-likeness (QED) is 0.746. The Kier molecular flexibility index (Phi) is 3.40. The Morgan fingerprint density at radius 1 is 1.22 bits per heavy atom. The zero-order chi connectivity index (χ0) is 16.4. The van der Waals surface area contributed by atoms with Crippen LogP contribution in [0.25, 0.3) is 0 Å². The summed E-state index contributed by atoms with van der Waals surface area (Å²) >= 11 is 0. The Morgan fingerprint density at radius 2 is 2.00 bits per heavy atom. The van der Waals surface area contributed by atoms with Crippen LogP contribution in [-0.4, -0.2) is 24.0 Å². The summed E-state index contributed by atoms with van der Waals surface area (Å²) in [5, 5.41) is -0.778. The minimum Gasteiger partial charge on any atom is -0.299 e. The van der Waals surface area contributed by atoms with Crippen LogP contribution in [0.5, 0.6) is 0 Å².